The normalized spacial score (nSPS) is 19.6. The van der Waals surface area contributed by atoms with Crippen molar-refractivity contribution in [3.05, 3.63) is 22.2 Å². The number of benzene rings is 1. The summed E-state index contributed by atoms with van der Waals surface area (Å²) in [6.07, 6.45) is 3.66. The van der Waals surface area contributed by atoms with Gasteiger partial charge >= 0.3 is 0 Å². The standard InChI is InChI=1S/C22H34BrN5O3/c1-27(2)22(30)20(14-4-8-25-9-5-14)28-10-6-15(7-11-28)26-21(29)16-12-17(23)18(24)13-19(16)31-3/h12-15,20,25H,4-11,24H2,1-3H3,(H,26,29). The van der Waals surface area contributed by atoms with Gasteiger partial charge in [0.05, 0.1) is 18.7 Å². The Morgan fingerprint density at radius 2 is 1.87 bits per heavy atom. The minimum atomic E-state index is -0.171. The first kappa shape index (κ1) is 23.8. The molecule has 1 aromatic rings. The number of nitrogens with two attached hydrogens (primary N) is 1. The molecular weight excluding hydrogens is 462 g/mol. The second kappa shape index (κ2) is 10.7. The highest BCUT2D eigenvalue weighted by Gasteiger charge is 2.37. The number of amides is 2. The van der Waals surface area contributed by atoms with Crippen molar-refractivity contribution >= 4 is 33.4 Å². The van der Waals surface area contributed by atoms with Crippen LogP contribution >= 0.6 is 15.9 Å². The number of carbonyl (C=O) groups excluding carboxylic acids is 2. The zero-order valence-corrected chi connectivity index (χ0v) is 20.2. The second-order valence-corrected chi connectivity index (χ2v) is 9.48. The molecule has 31 heavy (non-hydrogen) atoms. The molecule has 2 aliphatic heterocycles. The minimum absolute atomic E-state index is 0.0629. The molecule has 0 spiro atoms. The molecule has 2 amide bonds. The van der Waals surface area contributed by atoms with E-state index in [2.05, 4.69) is 31.5 Å². The number of likely N-dealkylation sites (tertiary alicyclic amines) is 1. The number of piperidine rings is 2. The molecule has 4 N–H and O–H groups in total. The molecular formula is C22H34BrN5O3. The van der Waals surface area contributed by atoms with Crippen molar-refractivity contribution in [2.45, 2.75) is 37.8 Å². The summed E-state index contributed by atoms with van der Waals surface area (Å²) in [6, 6.07) is 3.33. The molecule has 8 nitrogen and oxygen atoms in total. The number of nitrogens with zero attached hydrogens (tertiary/aromatic N) is 2. The van der Waals surface area contributed by atoms with E-state index in [0.717, 1.165) is 51.9 Å². The number of halogens is 1. The lowest BCUT2D eigenvalue weighted by Gasteiger charge is -2.42. The number of hydrogen-bond acceptors (Lipinski definition) is 6. The fourth-order valence-corrected chi connectivity index (χ4v) is 4.92. The topological polar surface area (TPSA) is 99.9 Å². The van der Waals surface area contributed by atoms with Crippen LogP contribution in [0.2, 0.25) is 0 Å². The first-order valence-corrected chi connectivity index (χ1v) is 11.7. The van der Waals surface area contributed by atoms with Crippen molar-refractivity contribution in [1.82, 2.24) is 20.4 Å². The lowest BCUT2D eigenvalue weighted by molar-refractivity contribution is -0.137. The Morgan fingerprint density at radius 3 is 2.45 bits per heavy atom. The van der Waals surface area contributed by atoms with Crippen molar-refractivity contribution in [1.29, 1.82) is 0 Å². The average molecular weight is 496 g/mol. The Balaban J connectivity index is 1.63. The van der Waals surface area contributed by atoms with Gasteiger partial charge < -0.3 is 26.0 Å². The zero-order valence-electron chi connectivity index (χ0n) is 18.6. The molecule has 2 fully saturated rings. The van der Waals surface area contributed by atoms with Crippen molar-refractivity contribution in [2.75, 3.05) is 53.1 Å². The van der Waals surface area contributed by atoms with Gasteiger partial charge in [0, 0.05) is 49.5 Å². The number of hydrogen-bond donors (Lipinski definition) is 3. The van der Waals surface area contributed by atoms with Crippen LogP contribution in [0.15, 0.2) is 16.6 Å². The van der Waals surface area contributed by atoms with Crippen LogP contribution in [0, 0.1) is 5.92 Å². The number of nitrogen functional groups attached to an aromatic ring is 1. The Hall–Kier alpha value is -1.84. The van der Waals surface area contributed by atoms with E-state index in [0.29, 0.717) is 27.4 Å². The number of carbonyl (C=O) groups is 2. The molecule has 0 radical (unpaired) electrons. The first-order chi connectivity index (χ1) is 14.8. The van der Waals surface area contributed by atoms with Crippen LogP contribution < -0.4 is 21.1 Å². The largest absolute Gasteiger partial charge is 0.496 e. The third kappa shape index (κ3) is 5.70. The predicted octanol–water partition coefficient (Wildman–Crippen LogP) is 1.69. The Morgan fingerprint density at radius 1 is 1.23 bits per heavy atom. The van der Waals surface area contributed by atoms with Crippen LogP contribution in [0.4, 0.5) is 5.69 Å². The smallest absolute Gasteiger partial charge is 0.255 e. The van der Waals surface area contributed by atoms with E-state index in [1.807, 2.05) is 14.1 Å². The highest BCUT2D eigenvalue weighted by Crippen LogP contribution is 2.30. The van der Waals surface area contributed by atoms with E-state index in [4.69, 9.17) is 10.5 Å². The van der Waals surface area contributed by atoms with Gasteiger partial charge in [-0.05, 0) is 66.7 Å². The van der Waals surface area contributed by atoms with Crippen LogP contribution in [-0.4, -0.2) is 81.1 Å². The van der Waals surface area contributed by atoms with Gasteiger partial charge in [0.25, 0.3) is 5.91 Å². The molecule has 0 aromatic heterocycles. The highest BCUT2D eigenvalue weighted by molar-refractivity contribution is 9.10. The molecule has 2 aliphatic rings. The Kier molecular flexibility index (Phi) is 8.18. The SMILES string of the molecule is COc1cc(N)c(Br)cc1C(=O)NC1CCN(C(C(=O)N(C)C)C2CCNCC2)CC1. The second-order valence-electron chi connectivity index (χ2n) is 8.62. The Labute approximate surface area is 193 Å². The van der Waals surface area contributed by atoms with E-state index in [9.17, 15) is 9.59 Å². The van der Waals surface area contributed by atoms with Crippen molar-refractivity contribution < 1.29 is 14.3 Å². The minimum Gasteiger partial charge on any atom is -0.496 e. The zero-order chi connectivity index (χ0) is 22.5. The average Bonchev–Trinajstić information content (AvgIpc) is 2.77. The first-order valence-electron chi connectivity index (χ1n) is 10.9. The summed E-state index contributed by atoms with van der Waals surface area (Å²) in [5, 5.41) is 6.52. The van der Waals surface area contributed by atoms with Crippen molar-refractivity contribution in [3.63, 3.8) is 0 Å². The highest BCUT2D eigenvalue weighted by atomic mass is 79.9. The van der Waals surface area contributed by atoms with Gasteiger partial charge in [0.2, 0.25) is 5.91 Å². The summed E-state index contributed by atoms with van der Waals surface area (Å²) in [5.74, 6) is 0.845. The third-order valence-electron chi connectivity index (χ3n) is 6.35. The number of likely N-dealkylation sites (N-methyl/N-ethyl adjacent to an activating group) is 1. The van der Waals surface area contributed by atoms with E-state index < -0.39 is 0 Å². The number of nitrogens with one attached hydrogen (secondary N) is 2. The molecule has 0 bridgehead atoms. The van der Waals surface area contributed by atoms with E-state index in [-0.39, 0.29) is 23.9 Å². The van der Waals surface area contributed by atoms with Gasteiger partial charge in [-0.25, -0.2) is 0 Å². The number of methoxy groups -OCH3 is 1. The number of anilines is 1. The number of rotatable bonds is 6. The van der Waals surface area contributed by atoms with Gasteiger partial charge in [-0.2, -0.15) is 0 Å². The molecule has 1 aromatic carbocycles. The van der Waals surface area contributed by atoms with Gasteiger partial charge in [0.1, 0.15) is 5.75 Å². The fourth-order valence-electron chi connectivity index (χ4n) is 4.58. The maximum absolute atomic E-state index is 13.0. The molecule has 2 saturated heterocycles. The summed E-state index contributed by atoms with van der Waals surface area (Å²) in [7, 11) is 5.20. The van der Waals surface area contributed by atoms with Crippen LogP contribution in [0.5, 0.6) is 5.75 Å². The third-order valence-corrected chi connectivity index (χ3v) is 7.03. The predicted molar refractivity (Wildman–Crippen MR) is 125 cm³/mol. The lowest BCUT2D eigenvalue weighted by atomic mass is 9.87. The maximum atomic E-state index is 13.0. The summed E-state index contributed by atoms with van der Waals surface area (Å²) in [5.41, 5.74) is 6.89. The molecule has 9 heteroatoms. The van der Waals surface area contributed by atoms with Gasteiger partial charge in [-0.1, -0.05) is 0 Å². The summed E-state index contributed by atoms with van der Waals surface area (Å²) in [4.78, 5) is 29.9. The molecule has 3 rings (SSSR count). The number of ether oxygens (including phenoxy) is 1. The molecule has 172 valence electrons. The molecule has 0 saturated carbocycles. The van der Waals surface area contributed by atoms with Gasteiger partial charge in [-0.15, -0.1) is 0 Å². The van der Waals surface area contributed by atoms with E-state index in [1.165, 1.54) is 7.11 Å². The molecule has 1 atom stereocenters. The van der Waals surface area contributed by atoms with Crippen LogP contribution in [0.25, 0.3) is 0 Å². The van der Waals surface area contributed by atoms with Crippen molar-refractivity contribution in [3.8, 4) is 5.75 Å². The quantitative estimate of drug-likeness (QED) is 0.519. The summed E-state index contributed by atoms with van der Waals surface area (Å²) < 4.78 is 6.01. The molecule has 1 unspecified atom stereocenters. The van der Waals surface area contributed by atoms with E-state index >= 15 is 0 Å². The fraction of sp³-hybridized carbons (Fsp3) is 0.636. The van der Waals surface area contributed by atoms with Gasteiger partial charge in [0.15, 0.2) is 0 Å². The van der Waals surface area contributed by atoms with Gasteiger partial charge in [-0.3, -0.25) is 14.5 Å². The van der Waals surface area contributed by atoms with Crippen LogP contribution in [0.3, 0.4) is 0 Å². The summed E-state index contributed by atoms with van der Waals surface area (Å²) in [6.45, 7) is 3.52. The van der Waals surface area contributed by atoms with Crippen LogP contribution in [0.1, 0.15) is 36.0 Å². The van der Waals surface area contributed by atoms with Crippen LogP contribution in [-0.2, 0) is 4.79 Å². The molecule has 2 heterocycles. The lowest BCUT2D eigenvalue weighted by Crippen LogP contribution is -2.56. The van der Waals surface area contributed by atoms with Crippen molar-refractivity contribution in [2.24, 2.45) is 5.92 Å². The monoisotopic (exact) mass is 495 g/mol. The molecule has 0 aliphatic carbocycles. The Bertz CT molecular complexity index is 790. The summed E-state index contributed by atoms with van der Waals surface area (Å²) >= 11 is 3.38. The van der Waals surface area contributed by atoms with E-state index in [1.54, 1.807) is 17.0 Å². The maximum Gasteiger partial charge on any atom is 0.255 e.